The lowest BCUT2D eigenvalue weighted by Gasteiger charge is -2.11. The Morgan fingerprint density at radius 1 is 1.53 bits per heavy atom. The minimum absolute atomic E-state index is 0.145. The molecule has 3 rings (SSSR count). The van der Waals surface area contributed by atoms with Crippen LogP contribution in [0, 0.1) is 5.92 Å². The Bertz CT molecular complexity index is 585. The number of amides is 1. The molecule has 19 heavy (non-hydrogen) atoms. The highest BCUT2D eigenvalue weighted by atomic mass is 32.1. The number of aromatic nitrogens is 2. The third kappa shape index (κ3) is 2.50. The van der Waals surface area contributed by atoms with Crippen LogP contribution >= 0.6 is 24.0 Å². The molecule has 0 saturated carbocycles. The van der Waals surface area contributed by atoms with Gasteiger partial charge in [0.1, 0.15) is 0 Å². The first kappa shape index (κ1) is 12.6. The van der Waals surface area contributed by atoms with E-state index < -0.39 is 0 Å². The Balaban J connectivity index is 1.84. The third-order valence-electron chi connectivity index (χ3n) is 3.14. The van der Waals surface area contributed by atoms with Crippen molar-refractivity contribution in [3.05, 3.63) is 29.9 Å². The smallest absolute Gasteiger partial charge is 0.229 e. The van der Waals surface area contributed by atoms with Crippen LogP contribution in [0.1, 0.15) is 6.42 Å². The fourth-order valence-electron chi connectivity index (χ4n) is 2.12. The fourth-order valence-corrected chi connectivity index (χ4v) is 3.23. The predicted octanol–water partition coefficient (Wildman–Crippen LogP) is 2.49. The summed E-state index contributed by atoms with van der Waals surface area (Å²) in [6.07, 6.45) is 4.09. The zero-order valence-electron chi connectivity index (χ0n) is 10.2. The molecular weight excluding hydrogens is 278 g/mol. The molecule has 6 heteroatoms. The molecule has 0 aromatic carbocycles. The molecular formula is C13H13N3OS2. The van der Waals surface area contributed by atoms with Crippen LogP contribution in [0.3, 0.4) is 0 Å². The normalized spacial score (nSPS) is 19.1. The molecule has 0 spiro atoms. The van der Waals surface area contributed by atoms with Crippen molar-refractivity contribution in [2.45, 2.75) is 6.42 Å². The summed E-state index contributed by atoms with van der Waals surface area (Å²) < 4.78 is 0. The molecule has 0 N–H and O–H groups in total. The summed E-state index contributed by atoms with van der Waals surface area (Å²) in [6.45, 7) is 0.725. The lowest BCUT2D eigenvalue weighted by molar-refractivity contribution is -0.117. The third-order valence-corrected chi connectivity index (χ3v) is 4.52. The largest absolute Gasteiger partial charge is 0.288 e. The zero-order valence-corrected chi connectivity index (χ0v) is 11.9. The molecule has 1 fully saturated rings. The number of anilines is 1. The van der Waals surface area contributed by atoms with E-state index in [-0.39, 0.29) is 5.91 Å². The topological polar surface area (TPSA) is 46.1 Å². The molecule has 3 heterocycles. The van der Waals surface area contributed by atoms with Crippen molar-refractivity contribution >= 4 is 35.0 Å². The molecule has 1 atom stereocenters. The van der Waals surface area contributed by atoms with E-state index in [0.29, 0.717) is 12.3 Å². The monoisotopic (exact) mass is 291 g/mol. The summed E-state index contributed by atoms with van der Waals surface area (Å²) in [7, 11) is 0. The van der Waals surface area contributed by atoms with Gasteiger partial charge in [-0.2, -0.15) is 12.6 Å². The van der Waals surface area contributed by atoms with Gasteiger partial charge in [-0.15, -0.1) is 11.3 Å². The summed E-state index contributed by atoms with van der Waals surface area (Å²) in [5.41, 5.74) is 1.85. The lowest BCUT2D eigenvalue weighted by atomic mass is 10.1. The van der Waals surface area contributed by atoms with Gasteiger partial charge >= 0.3 is 0 Å². The van der Waals surface area contributed by atoms with Gasteiger partial charge < -0.3 is 0 Å². The lowest BCUT2D eigenvalue weighted by Crippen LogP contribution is -2.24. The van der Waals surface area contributed by atoms with Crippen molar-refractivity contribution in [1.29, 1.82) is 0 Å². The van der Waals surface area contributed by atoms with Gasteiger partial charge in [0, 0.05) is 36.3 Å². The van der Waals surface area contributed by atoms with Crippen molar-refractivity contribution in [2.75, 3.05) is 17.2 Å². The summed E-state index contributed by atoms with van der Waals surface area (Å²) in [4.78, 5) is 22.3. The molecule has 0 radical (unpaired) electrons. The number of nitrogens with zero attached hydrogens (tertiary/aromatic N) is 3. The minimum atomic E-state index is 0.145. The van der Waals surface area contributed by atoms with Crippen LogP contribution in [-0.2, 0) is 4.79 Å². The number of thiol groups is 1. The van der Waals surface area contributed by atoms with Crippen LogP contribution in [0.5, 0.6) is 0 Å². The van der Waals surface area contributed by atoms with Crippen molar-refractivity contribution < 1.29 is 4.79 Å². The Morgan fingerprint density at radius 2 is 2.42 bits per heavy atom. The standard InChI is InChI=1S/C13H13N3OS2/c17-12-4-9(7-18)6-16(12)13-15-11(8-19-13)10-2-1-3-14-5-10/h1-3,5,8-9,18H,4,6-7H2. The number of pyridine rings is 1. The summed E-state index contributed by atoms with van der Waals surface area (Å²) in [6, 6.07) is 3.85. The Hall–Kier alpha value is -1.40. The number of hydrogen-bond acceptors (Lipinski definition) is 5. The molecule has 1 unspecified atom stereocenters. The maximum atomic E-state index is 11.9. The minimum Gasteiger partial charge on any atom is -0.288 e. The van der Waals surface area contributed by atoms with Crippen LogP contribution in [0.4, 0.5) is 5.13 Å². The average molecular weight is 291 g/mol. The number of thiazole rings is 1. The molecule has 1 aliphatic rings. The number of rotatable bonds is 3. The van der Waals surface area contributed by atoms with Gasteiger partial charge in [0.25, 0.3) is 0 Å². The highest BCUT2D eigenvalue weighted by molar-refractivity contribution is 7.80. The van der Waals surface area contributed by atoms with Gasteiger partial charge in [0.2, 0.25) is 5.91 Å². The van der Waals surface area contributed by atoms with E-state index in [1.165, 1.54) is 11.3 Å². The number of hydrogen-bond donors (Lipinski definition) is 1. The van der Waals surface area contributed by atoms with Gasteiger partial charge in [-0.3, -0.25) is 14.7 Å². The van der Waals surface area contributed by atoms with E-state index >= 15 is 0 Å². The molecule has 4 nitrogen and oxygen atoms in total. The maximum absolute atomic E-state index is 11.9. The SMILES string of the molecule is O=C1CC(CS)CN1c1nc(-c2cccnc2)cs1. The average Bonchev–Trinajstić information content (AvgIpc) is 3.06. The van der Waals surface area contributed by atoms with E-state index in [2.05, 4.69) is 22.6 Å². The van der Waals surface area contributed by atoms with E-state index in [1.54, 1.807) is 17.3 Å². The van der Waals surface area contributed by atoms with Crippen molar-refractivity contribution in [2.24, 2.45) is 5.92 Å². The molecule has 0 aliphatic carbocycles. The molecule has 2 aromatic heterocycles. The second kappa shape index (κ2) is 5.30. The van der Waals surface area contributed by atoms with Gasteiger partial charge in [-0.05, 0) is 23.8 Å². The molecule has 1 amide bonds. The maximum Gasteiger partial charge on any atom is 0.229 e. The van der Waals surface area contributed by atoms with Crippen molar-refractivity contribution in [3.63, 3.8) is 0 Å². The van der Waals surface area contributed by atoms with Gasteiger partial charge in [0.05, 0.1) is 5.69 Å². The Morgan fingerprint density at radius 3 is 3.11 bits per heavy atom. The van der Waals surface area contributed by atoms with Crippen LogP contribution in [0.2, 0.25) is 0 Å². The molecule has 0 bridgehead atoms. The zero-order chi connectivity index (χ0) is 13.2. The first-order chi connectivity index (χ1) is 9.28. The second-order valence-corrected chi connectivity index (χ2v) is 5.72. The fraction of sp³-hybridized carbons (Fsp3) is 0.308. The Labute approximate surface area is 120 Å². The first-order valence-electron chi connectivity index (χ1n) is 6.05. The van der Waals surface area contributed by atoms with Crippen molar-refractivity contribution in [1.82, 2.24) is 9.97 Å². The molecule has 2 aromatic rings. The van der Waals surface area contributed by atoms with Crippen LogP contribution in [0.15, 0.2) is 29.9 Å². The predicted molar refractivity (Wildman–Crippen MR) is 79.7 cm³/mol. The van der Waals surface area contributed by atoms with Crippen LogP contribution < -0.4 is 4.90 Å². The van der Waals surface area contributed by atoms with Crippen molar-refractivity contribution in [3.8, 4) is 11.3 Å². The van der Waals surface area contributed by atoms with E-state index in [4.69, 9.17) is 0 Å². The second-order valence-electron chi connectivity index (χ2n) is 4.51. The Kier molecular flexibility index (Phi) is 3.52. The van der Waals surface area contributed by atoms with E-state index in [0.717, 1.165) is 28.7 Å². The van der Waals surface area contributed by atoms with Gasteiger partial charge in [-0.1, -0.05) is 0 Å². The number of carbonyl (C=O) groups excluding carboxylic acids is 1. The number of carbonyl (C=O) groups is 1. The van der Waals surface area contributed by atoms with Gasteiger partial charge in [-0.25, -0.2) is 4.98 Å². The highest BCUT2D eigenvalue weighted by Gasteiger charge is 2.31. The van der Waals surface area contributed by atoms with Gasteiger partial charge in [0.15, 0.2) is 5.13 Å². The quantitative estimate of drug-likeness (QED) is 0.884. The van der Waals surface area contributed by atoms with Crippen LogP contribution in [0.25, 0.3) is 11.3 Å². The molecule has 1 aliphatic heterocycles. The molecule has 1 saturated heterocycles. The summed E-state index contributed by atoms with van der Waals surface area (Å²) in [5.74, 6) is 1.22. The van der Waals surface area contributed by atoms with Crippen LogP contribution in [-0.4, -0.2) is 28.2 Å². The summed E-state index contributed by atoms with van der Waals surface area (Å²) >= 11 is 5.77. The summed E-state index contributed by atoms with van der Waals surface area (Å²) in [5, 5.41) is 2.74. The van der Waals surface area contributed by atoms with E-state index in [1.807, 2.05) is 17.5 Å². The first-order valence-corrected chi connectivity index (χ1v) is 7.56. The highest BCUT2D eigenvalue weighted by Crippen LogP contribution is 2.31. The van der Waals surface area contributed by atoms with E-state index in [9.17, 15) is 4.79 Å². The molecule has 98 valence electrons.